The molecule has 1 amide bonds. The Bertz CT molecular complexity index is 1240. The van der Waals surface area contributed by atoms with Crippen LogP contribution in [0.2, 0.25) is 0 Å². The lowest BCUT2D eigenvalue weighted by Gasteiger charge is -2.31. The number of rotatable bonds is 11. The van der Waals surface area contributed by atoms with Crippen LogP contribution >= 0.6 is 0 Å². The number of amides is 1. The van der Waals surface area contributed by atoms with Gasteiger partial charge in [0.15, 0.2) is 17.7 Å². The molecule has 9 nitrogen and oxygen atoms in total. The first-order valence-electron chi connectivity index (χ1n) is 12.7. The second-order valence-electron chi connectivity index (χ2n) is 9.79. The number of benzene rings is 2. The Morgan fingerprint density at radius 1 is 1.00 bits per heavy atom. The predicted molar refractivity (Wildman–Crippen MR) is 144 cm³/mol. The van der Waals surface area contributed by atoms with Crippen LogP contribution in [-0.4, -0.2) is 49.5 Å². The summed E-state index contributed by atoms with van der Waals surface area (Å²) in [5, 5.41) is 2.38. The van der Waals surface area contributed by atoms with Gasteiger partial charge in [0, 0.05) is 6.07 Å². The summed E-state index contributed by atoms with van der Waals surface area (Å²) >= 11 is 0. The smallest absolute Gasteiger partial charge is 0.235 e. The molecule has 3 rings (SSSR count). The Hall–Kier alpha value is -3.56. The van der Waals surface area contributed by atoms with Crippen LogP contribution in [0.15, 0.2) is 12.1 Å². The van der Waals surface area contributed by atoms with Gasteiger partial charge in [-0.3, -0.25) is 14.4 Å². The van der Waals surface area contributed by atoms with Crippen molar-refractivity contribution in [3.05, 3.63) is 56.6 Å². The number of hydrazine groups is 1. The van der Waals surface area contributed by atoms with Gasteiger partial charge in [-0.05, 0) is 93.5 Å². The van der Waals surface area contributed by atoms with Gasteiger partial charge in [0.1, 0.15) is 23.9 Å². The van der Waals surface area contributed by atoms with Gasteiger partial charge in [-0.1, -0.05) is 0 Å². The van der Waals surface area contributed by atoms with E-state index in [1.165, 1.54) is 16.7 Å². The van der Waals surface area contributed by atoms with E-state index in [-0.39, 0.29) is 43.5 Å². The van der Waals surface area contributed by atoms with Crippen LogP contribution in [0.3, 0.4) is 0 Å². The molecule has 9 heteroatoms. The van der Waals surface area contributed by atoms with E-state index in [2.05, 4.69) is 50.8 Å². The Balaban J connectivity index is 1.72. The fourth-order valence-electron chi connectivity index (χ4n) is 4.80. The van der Waals surface area contributed by atoms with Crippen LogP contribution in [-0.2, 0) is 14.4 Å². The molecule has 2 aromatic rings. The van der Waals surface area contributed by atoms with Gasteiger partial charge in [-0.25, -0.2) is 10.9 Å². The number of nitrogens with one attached hydrogen (secondary N) is 3. The quantitative estimate of drug-likeness (QED) is 0.233. The molecule has 38 heavy (non-hydrogen) atoms. The van der Waals surface area contributed by atoms with Crippen LogP contribution in [0.25, 0.3) is 0 Å². The van der Waals surface area contributed by atoms with Gasteiger partial charge >= 0.3 is 0 Å². The highest BCUT2D eigenvalue weighted by molar-refractivity contribution is 6.01. The zero-order chi connectivity index (χ0) is 28.1. The van der Waals surface area contributed by atoms with E-state index in [4.69, 9.17) is 9.47 Å². The highest BCUT2D eigenvalue weighted by Crippen LogP contribution is 2.42. The Kier molecular flexibility index (Phi) is 9.40. The van der Waals surface area contributed by atoms with Crippen molar-refractivity contribution < 1.29 is 28.7 Å². The molecule has 0 saturated heterocycles. The molecule has 0 aliphatic carbocycles. The molecule has 2 aromatic carbocycles. The monoisotopic (exact) mass is 523 g/mol. The second-order valence-corrected chi connectivity index (χ2v) is 9.79. The van der Waals surface area contributed by atoms with Crippen molar-refractivity contribution in [3.63, 3.8) is 0 Å². The normalized spacial score (nSPS) is 15.3. The molecule has 204 valence electrons. The van der Waals surface area contributed by atoms with Crippen molar-refractivity contribution in [1.82, 2.24) is 16.2 Å². The minimum absolute atomic E-state index is 0.0200. The van der Waals surface area contributed by atoms with Gasteiger partial charge in [0.2, 0.25) is 5.91 Å². The Morgan fingerprint density at radius 2 is 1.61 bits per heavy atom. The lowest BCUT2D eigenvalue weighted by molar-refractivity contribution is -0.125. The molecule has 0 radical (unpaired) electrons. The average molecular weight is 524 g/mol. The molecule has 2 atom stereocenters. The number of aldehydes is 1. The largest absolute Gasteiger partial charge is 0.484 e. The number of hydrogen-bond donors (Lipinski definition) is 3. The van der Waals surface area contributed by atoms with Crippen molar-refractivity contribution in [2.24, 2.45) is 0 Å². The summed E-state index contributed by atoms with van der Waals surface area (Å²) in [5.41, 5.74) is 13.6. The van der Waals surface area contributed by atoms with E-state index >= 15 is 0 Å². The summed E-state index contributed by atoms with van der Waals surface area (Å²) in [6.45, 7) is 13.7. The van der Waals surface area contributed by atoms with E-state index in [0.29, 0.717) is 23.3 Å². The summed E-state index contributed by atoms with van der Waals surface area (Å²) in [7, 11) is 0. The highest BCUT2D eigenvalue weighted by atomic mass is 16.5. The van der Waals surface area contributed by atoms with Gasteiger partial charge in [0.05, 0.1) is 31.6 Å². The maximum atomic E-state index is 13.2. The fourth-order valence-corrected chi connectivity index (χ4v) is 4.80. The van der Waals surface area contributed by atoms with E-state index in [0.717, 1.165) is 22.3 Å². The fraction of sp³-hybridized carbons (Fsp3) is 0.448. The summed E-state index contributed by atoms with van der Waals surface area (Å²) in [5.74, 6) is 0.290. The summed E-state index contributed by atoms with van der Waals surface area (Å²) in [6, 6.07) is 3.42. The number of ketones is 2. The maximum absolute atomic E-state index is 13.2. The van der Waals surface area contributed by atoms with Gasteiger partial charge in [0.25, 0.3) is 0 Å². The maximum Gasteiger partial charge on any atom is 0.235 e. The Labute approximate surface area is 223 Å². The van der Waals surface area contributed by atoms with Crippen LogP contribution < -0.4 is 25.6 Å². The van der Waals surface area contributed by atoms with E-state index in [1.807, 2.05) is 6.92 Å². The van der Waals surface area contributed by atoms with Crippen LogP contribution in [0.4, 0.5) is 0 Å². The van der Waals surface area contributed by atoms with E-state index < -0.39 is 12.2 Å². The SMILES string of the molecule is Cc1cc(OC(C)C(=O)CNNCC(=O)NCC=O)cc2c1C(=O)CC(c1c(C)c(C)c(C)c(C)c1C)O2. The number of fused-ring (bicyclic) bond motifs is 1. The number of aryl methyl sites for hydroxylation is 1. The van der Waals surface area contributed by atoms with Crippen LogP contribution in [0.5, 0.6) is 11.5 Å². The summed E-state index contributed by atoms with van der Waals surface area (Å²) in [6.07, 6.45) is -0.337. The topological polar surface area (TPSA) is 123 Å². The van der Waals surface area contributed by atoms with Crippen molar-refractivity contribution >= 4 is 23.8 Å². The molecule has 1 aliphatic rings. The standard InChI is InChI=1S/C29H37N3O6/c1-15-10-22(37-21(7)24(35)13-31-32-14-27(36)30-8-9-33)11-25-28(15)23(34)12-26(38-25)29-19(5)17(3)16(2)18(4)20(29)6/h9-11,21,26,31-32H,8,12-14H2,1-7H3,(H,30,36). The van der Waals surface area contributed by atoms with E-state index in [9.17, 15) is 19.2 Å². The molecule has 0 saturated carbocycles. The first-order chi connectivity index (χ1) is 18.0. The van der Waals surface area contributed by atoms with Crippen molar-refractivity contribution in [2.45, 2.75) is 67.1 Å². The van der Waals surface area contributed by atoms with Crippen LogP contribution in [0.1, 0.15) is 68.8 Å². The minimum Gasteiger partial charge on any atom is -0.484 e. The molecule has 1 aliphatic heterocycles. The molecular weight excluding hydrogens is 486 g/mol. The molecule has 1 heterocycles. The third kappa shape index (κ3) is 6.28. The van der Waals surface area contributed by atoms with Gasteiger partial charge in [-0.2, -0.15) is 0 Å². The lowest BCUT2D eigenvalue weighted by Crippen LogP contribution is -2.45. The molecule has 0 aromatic heterocycles. The molecule has 0 spiro atoms. The first-order valence-corrected chi connectivity index (χ1v) is 12.7. The molecule has 3 N–H and O–H groups in total. The summed E-state index contributed by atoms with van der Waals surface area (Å²) in [4.78, 5) is 47.5. The molecule has 0 bridgehead atoms. The summed E-state index contributed by atoms with van der Waals surface area (Å²) < 4.78 is 12.3. The minimum atomic E-state index is -0.785. The van der Waals surface area contributed by atoms with Gasteiger partial charge in [-0.15, -0.1) is 0 Å². The van der Waals surface area contributed by atoms with Crippen molar-refractivity contribution in [3.8, 4) is 11.5 Å². The lowest BCUT2D eigenvalue weighted by atomic mass is 9.84. The average Bonchev–Trinajstić information content (AvgIpc) is 2.87. The number of hydrogen-bond acceptors (Lipinski definition) is 8. The van der Waals surface area contributed by atoms with Gasteiger partial charge < -0.3 is 19.6 Å². The third-order valence-electron chi connectivity index (χ3n) is 7.36. The predicted octanol–water partition coefficient (Wildman–Crippen LogP) is 2.99. The zero-order valence-corrected chi connectivity index (χ0v) is 23.2. The first kappa shape index (κ1) is 29.0. The van der Waals surface area contributed by atoms with E-state index in [1.54, 1.807) is 19.1 Å². The van der Waals surface area contributed by atoms with Crippen LogP contribution in [0, 0.1) is 41.5 Å². The second kappa shape index (κ2) is 12.3. The number of Topliss-reactive ketones (excluding diaryl/α,β-unsaturated/α-hetero) is 2. The molecule has 2 unspecified atom stereocenters. The molecular formula is C29H37N3O6. The zero-order valence-electron chi connectivity index (χ0n) is 23.2. The number of carbonyl (C=O) groups excluding carboxylic acids is 4. The van der Waals surface area contributed by atoms with Crippen molar-refractivity contribution in [2.75, 3.05) is 19.6 Å². The molecule has 0 fully saturated rings. The third-order valence-corrected chi connectivity index (χ3v) is 7.36. The highest BCUT2D eigenvalue weighted by Gasteiger charge is 2.32. The Morgan fingerprint density at radius 3 is 2.24 bits per heavy atom. The van der Waals surface area contributed by atoms with Crippen molar-refractivity contribution in [1.29, 1.82) is 0 Å². The number of ether oxygens (including phenoxy) is 2. The number of carbonyl (C=O) groups is 4.